The third kappa shape index (κ3) is 4.64. The highest BCUT2D eigenvalue weighted by Gasteiger charge is 2.25. The van der Waals surface area contributed by atoms with Gasteiger partial charge in [-0.2, -0.15) is 0 Å². The van der Waals surface area contributed by atoms with Crippen molar-refractivity contribution < 1.29 is 19.5 Å². The molecule has 0 unspecified atom stereocenters. The third-order valence-corrected chi connectivity index (χ3v) is 3.05. The molecule has 21 heavy (non-hydrogen) atoms. The SMILES string of the molecule is CC(C)(CNC(=O)Nc1ccc(Cl)cc1C(=O)O)C(N)=O. The number of primary amides is 1. The summed E-state index contributed by atoms with van der Waals surface area (Å²) >= 11 is 5.71. The van der Waals surface area contributed by atoms with E-state index in [4.69, 9.17) is 22.4 Å². The molecule has 0 aliphatic rings. The van der Waals surface area contributed by atoms with Crippen molar-refractivity contribution in [1.29, 1.82) is 0 Å². The molecule has 0 aliphatic carbocycles. The fourth-order valence-corrected chi connectivity index (χ4v) is 1.53. The summed E-state index contributed by atoms with van der Waals surface area (Å²) in [5.74, 6) is -1.77. The molecule has 0 spiro atoms. The monoisotopic (exact) mass is 313 g/mol. The van der Waals surface area contributed by atoms with E-state index in [0.717, 1.165) is 0 Å². The third-order valence-electron chi connectivity index (χ3n) is 2.82. The molecule has 114 valence electrons. The molecular weight excluding hydrogens is 298 g/mol. The molecule has 1 aromatic carbocycles. The Kier molecular flexibility index (Phi) is 5.15. The fraction of sp³-hybridized carbons (Fsp3) is 0.308. The zero-order valence-electron chi connectivity index (χ0n) is 11.6. The van der Waals surface area contributed by atoms with E-state index in [9.17, 15) is 14.4 Å². The molecular formula is C13H16ClN3O4. The lowest BCUT2D eigenvalue weighted by Gasteiger charge is -2.21. The minimum absolute atomic E-state index is 0.0180. The summed E-state index contributed by atoms with van der Waals surface area (Å²) in [6.45, 7) is 3.19. The number of nitrogens with two attached hydrogens (primary N) is 1. The highest BCUT2D eigenvalue weighted by molar-refractivity contribution is 6.31. The second kappa shape index (κ2) is 6.45. The predicted molar refractivity (Wildman–Crippen MR) is 78.4 cm³/mol. The van der Waals surface area contributed by atoms with Gasteiger partial charge in [-0.25, -0.2) is 9.59 Å². The van der Waals surface area contributed by atoms with Crippen molar-refractivity contribution in [3.05, 3.63) is 28.8 Å². The van der Waals surface area contributed by atoms with Gasteiger partial charge in [-0.3, -0.25) is 4.79 Å². The maximum atomic E-state index is 11.7. The quantitative estimate of drug-likeness (QED) is 0.660. The summed E-state index contributed by atoms with van der Waals surface area (Å²) in [6, 6.07) is 3.42. The van der Waals surface area contributed by atoms with Gasteiger partial charge in [0.05, 0.1) is 16.7 Å². The van der Waals surface area contributed by atoms with Crippen molar-refractivity contribution in [2.24, 2.45) is 11.1 Å². The first-order valence-electron chi connectivity index (χ1n) is 6.01. The van der Waals surface area contributed by atoms with Crippen LogP contribution in [0.25, 0.3) is 0 Å². The van der Waals surface area contributed by atoms with E-state index in [2.05, 4.69) is 10.6 Å². The van der Waals surface area contributed by atoms with Gasteiger partial charge in [-0.15, -0.1) is 0 Å². The van der Waals surface area contributed by atoms with Crippen LogP contribution in [0.3, 0.4) is 0 Å². The Morgan fingerprint density at radius 2 is 1.95 bits per heavy atom. The number of carboxylic acid groups (broad SMARTS) is 1. The van der Waals surface area contributed by atoms with Crippen LogP contribution in [-0.2, 0) is 4.79 Å². The van der Waals surface area contributed by atoms with Crippen LogP contribution in [0, 0.1) is 5.41 Å². The molecule has 8 heteroatoms. The van der Waals surface area contributed by atoms with Gasteiger partial charge >= 0.3 is 12.0 Å². The van der Waals surface area contributed by atoms with E-state index in [1.165, 1.54) is 18.2 Å². The number of carboxylic acids is 1. The van der Waals surface area contributed by atoms with Crippen molar-refractivity contribution >= 4 is 35.2 Å². The van der Waals surface area contributed by atoms with Crippen LogP contribution in [0.5, 0.6) is 0 Å². The van der Waals surface area contributed by atoms with E-state index < -0.39 is 23.3 Å². The summed E-state index contributed by atoms with van der Waals surface area (Å²) in [4.78, 5) is 33.9. The first-order chi connectivity index (χ1) is 9.63. The van der Waals surface area contributed by atoms with Crippen LogP contribution in [-0.4, -0.2) is 29.6 Å². The number of anilines is 1. The number of halogens is 1. The Labute approximate surface area is 126 Å². The fourth-order valence-electron chi connectivity index (χ4n) is 1.36. The molecule has 0 saturated carbocycles. The average molecular weight is 314 g/mol. The first kappa shape index (κ1) is 16.8. The number of benzene rings is 1. The molecule has 7 nitrogen and oxygen atoms in total. The van der Waals surface area contributed by atoms with Gasteiger partial charge in [-0.1, -0.05) is 11.6 Å². The summed E-state index contributed by atoms with van der Waals surface area (Å²) in [7, 11) is 0. The maximum absolute atomic E-state index is 11.7. The lowest BCUT2D eigenvalue weighted by atomic mass is 9.93. The minimum Gasteiger partial charge on any atom is -0.478 e. The Morgan fingerprint density at radius 1 is 1.33 bits per heavy atom. The van der Waals surface area contributed by atoms with Crippen molar-refractivity contribution in [3.8, 4) is 0 Å². The van der Waals surface area contributed by atoms with Crippen LogP contribution in [0.15, 0.2) is 18.2 Å². The number of aromatic carboxylic acids is 1. The number of urea groups is 1. The summed E-state index contributed by atoms with van der Waals surface area (Å²) < 4.78 is 0. The second-order valence-corrected chi connectivity index (χ2v) is 5.49. The molecule has 1 aromatic rings. The predicted octanol–water partition coefficient (Wildman–Crippen LogP) is 1.67. The number of carbonyl (C=O) groups excluding carboxylic acids is 2. The van der Waals surface area contributed by atoms with E-state index in [0.29, 0.717) is 0 Å². The number of carbonyl (C=O) groups is 3. The van der Waals surface area contributed by atoms with E-state index in [1.54, 1.807) is 13.8 Å². The minimum atomic E-state index is -1.22. The normalized spacial score (nSPS) is 10.8. The molecule has 5 N–H and O–H groups in total. The molecule has 0 saturated heterocycles. The molecule has 0 heterocycles. The summed E-state index contributed by atoms with van der Waals surface area (Å²) in [6.07, 6.45) is 0. The molecule has 0 bridgehead atoms. The zero-order valence-corrected chi connectivity index (χ0v) is 12.3. The number of amides is 3. The largest absolute Gasteiger partial charge is 0.478 e. The number of hydrogen-bond donors (Lipinski definition) is 4. The molecule has 1 rings (SSSR count). The Morgan fingerprint density at radius 3 is 2.48 bits per heavy atom. The van der Waals surface area contributed by atoms with Gasteiger partial charge in [0.25, 0.3) is 0 Å². The molecule has 0 atom stereocenters. The molecule has 0 aromatic heterocycles. The van der Waals surface area contributed by atoms with Gasteiger partial charge in [0.2, 0.25) is 5.91 Å². The van der Waals surface area contributed by atoms with Gasteiger partial charge in [-0.05, 0) is 32.0 Å². The number of hydrogen-bond acceptors (Lipinski definition) is 3. The number of nitrogens with one attached hydrogen (secondary N) is 2. The van der Waals surface area contributed by atoms with Crippen molar-refractivity contribution in [1.82, 2.24) is 5.32 Å². The van der Waals surface area contributed by atoms with E-state index in [1.807, 2.05) is 0 Å². The van der Waals surface area contributed by atoms with Crippen LogP contribution in [0.1, 0.15) is 24.2 Å². The van der Waals surface area contributed by atoms with Crippen molar-refractivity contribution in [3.63, 3.8) is 0 Å². The van der Waals surface area contributed by atoms with Crippen molar-refractivity contribution in [2.45, 2.75) is 13.8 Å². The van der Waals surface area contributed by atoms with E-state index in [-0.39, 0.29) is 22.8 Å². The molecule has 0 aliphatic heterocycles. The van der Waals surface area contributed by atoms with Gasteiger partial charge in [0, 0.05) is 11.6 Å². The highest BCUT2D eigenvalue weighted by atomic mass is 35.5. The van der Waals surface area contributed by atoms with Crippen molar-refractivity contribution in [2.75, 3.05) is 11.9 Å². The smallest absolute Gasteiger partial charge is 0.337 e. The Bertz CT molecular complexity index is 587. The standard InChI is InChI=1S/C13H16ClN3O4/c1-13(2,11(15)20)6-16-12(21)17-9-4-3-7(14)5-8(9)10(18)19/h3-5H,6H2,1-2H3,(H2,15,20)(H,18,19)(H2,16,17,21). The zero-order chi connectivity index (χ0) is 16.2. The molecule has 0 radical (unpaired) electrons. The summed E-state index contributed by atoms with van der Waals surface area (Å²) in [5.41, 5.74) is 4.24. The Hall–Kier alpha value is -2.28. The van der Waals surface area contributed by atoms with Gasteiger partial charge in [0.15, 0.2) is 0 Å². The second-order valence-electron chi connectivity index (χ2n) is 5.05. The first-order valence-corrected chi connectivity index (χ1v) is 6.39. The Balaban J connectivity index is 2.76. The molecule has 0 fully saturated rings. The topological polar surface area (TPSA) is 122 Å². The van der Waals surface area contributed by atoms with Crippen LogP contribution >= 0.6 is 11.6 Å². The van der Waals surface area contributed by atoms with Crippen LogP contribution in [0.2, 0.25) is 5.02 Å². The molecule has 3 amide bonds. The van der Waals surface area contributed by atoms with Gasteiger partial charge in [0.1, 0.15) is 0 Å². The average Bonchev–Trinajstić information content (AvgIpc) is 2.38. The highest BCUT2D eigenvalue weighted by Crippen LogP contribution is 2.20. The van der Waals surface area contributed by atoms with Crippen LogP contribution < -0.4 is 16.4 Å². The maximum Gasteiger partial charge on any atom is 0.337 e. The lowest BCUT2D eigenvalue weighted by molar-refractivity contribution is -0.125. The lowest BCUT2D eigenvalue weighted by Crippen LogP contribution is -2.43. The number of rotatable bonds is 5. The van der Waals surface area contributed by atoms with Crippen LogP contribution in [0.4, 0.5) is 10.5 Å². The summed E-state index contributed by atoms with van der Waals surface area (Å²) in [5, 5.41) is 14.1. The van der Waals surface area contributed by atoms with Gasteiger partial charge < -0.3 is 21.5 Å². The van der Waals surface area contributed by atoms with E-state index >= 15 is 0 Å².